The summed E-state index contributed by atoms with van der Waals surface area (Å²) in [5.41, 5.74) is 0.0650. The van der Waals surface area contributed by atoms with Gasteiger partial charge < -0.3 is 14.6 Å². The van der Waals surface area contributed by atoms with Crippen molar-refractivity contribution in [1.82, 2.24) is 0 Å². The van der Waals surface area contributed by atoms with E-state index in [2.05, 4.69) is 0 Å². The van der Waals surface area contributed by atoms with Crippen molar-refractivity contribution < 1.29 is 23.4 Å². The van der Waals surface area contributed by atoms with Crippen molar-refractivity contribution in [3.8, 4) is 0 Å². The SMILES string of the molecule is OC(c1cc(F)cc(F)c1)C1CCOC2(CCOCC2)C1. The summed E-state index contributed by atoms with van der Waals surface area (Å²) in [5.74, 6) is -1.35. The maximum Gasteiger partial charge on any atom is 0.126 e. The molecule has 0 amide bonds. The number of ether oxygens (including phenoxy) is 2. The molecule has 2 heterocycles. The fraction of sp³-hybridized carbons (Fsp3) is 0.625. The lowest BCUT2D eigenvalue weighted by molar-refractivity contribution is -0.159. The second kappa shape index (κ2) is 5.99. The van der Waals surface area contributed by atoms with Gasteiger partial charge >= 0.3 is 0 Å². The molecule has 2 saturated heterocycles. The van der Waals surface area contributed by atoms with Crippen LogP contribution in [0.15, 0.2) is 18.2 Å². The summed E-state index contributed by atoms with van der Waals surface area (Å²) in [6, 6.07) is 3.24. The van der Waals surface area contributed by atoms with Crippen LogP contribution < -0.4 is 0 Å². The van der Waals surface area contributed by atoms with Gasteiger partial charge in [0.15, 0.2) is 0 Å². The van der Waals surface area contributed by atoms with Crippen molar-refractivity contribution in [3.05, 3.63) is 35.4 Å². The molecule has 1 spiro atoms. The molecule has 2 aliphatic heterocycles. The van der Waals surface area contributed by atoms with Gasteiger partial charge in [0.05, 0.1) is 11.7 Å². The lowest BCUT2D eigenvalue weighted by Gasteiger charge is -2.44. The van der Waals surface area contributed by atoms with E-state index in [1.54, 1.807) is 0 Å². The van der Waals surface area contributed by atoms with Crippen LogP contribution in [-0.4, -0.2) is 30.5 Å². The molecule has 0 aromatic heterocycles. The number of halogens is 2. The highest BCUT2D eigenvalue weighted by Gasteiger charge is 2.41. The molecular formula is C16H20F2O3. The predicted octanol–water partition coefficient (Wildman–Crippen LogP) is 2.97. The summed E-state index contributed by atoms with van der Waals surface area (Å²) in [7, 11) is 0. The van der Waals surface area contributed by atoms with E-state index >= 15 is 0 Å². The Kier molecular flexibility index (Phi) is 4.24. The van der Waals surface area contributed by atoms with E-state index in [1.165, 1.54) is 12.1 Å². The van der Waals surface area contributed by atoms with E-state index < -0.39 is 17.7 Å². The van der Waals surface area contributed by atoms with Gasteiger partial charge in [-0.25, -0.2) is 8.78 Å². The molecular weight excluding hydrogens is 278 g/mol. The van der Waals surface area contributed by atoms with Crippen molar-refractivity contribution in [2.45, 2.75) is 37.4 Å². The maximum absolute atomic E-state index is 13.3. The number of aliphatic hydroxyl groups excluding tert-OH is 1. The standard InChI is InChI=1S/C16H20F2O3/c17-13-7-12(8-14(18)9-13)15(19)11-1-4-21-16(10-11)2-5-20-6-3-16/h7-9,11,15,19H,1-6,10H2. The lowest BCUT2D eigenvalue weighted by Crippen LogP contribution is -2.45. The summed E-state index contributed by atoms with van der Waals surface area (Å²) >= 11 is 0. The number of hydrogen-bond donors (Lipinski definition) is 1. The van der Waals surface area contributed by atoms with Crippen LogP contribution in [0.3, 0.4) is 0 Å². The average Bonchev–Trinajstić information content (AvgIpc) is 2.46. The second-order valence-electron chi connectivity index (χ2n) is 6.04. The van der Waals surface area contributed by atoms with Crippen molar-refractivity contribution in [3.63, 3.8) is 0 Å². The van der Waals surface area contributed by atoms with Crippen LogP contribution in [0.5, 0.6) is 0 Å². The third-order valence-corrected chi connectivity index (χ3v) is 4.61. The first-order valence-corrected chi connectivity index (χ1v) is 7.44. The molecule has 1 N–H and O–H groups in total. The van der Waals surface area contributed by atoms with E-state index in [0.29, 0.717) is 38.2 Å². The molecule has 2 fully saturated rings. The minimum Gasteiger partial charge on any atom is -0.388 e. The van der Waals surface area contributed by atoms with E-state index in [1.807, 2.05) is 0 Å². The zero-order valence-electron chi connectivity index (χ0n) is 11.9. The molecule has 2 aliphatic rings. The van der Waals surface area contributed by atoms with Crippen molar-refractivity contribution in [2.24, 2.45) is 5.92 Å². The van der Waals surface area contributed by atoms with Gasteiger partial charge in [0.25, 0.3) is 0 Å². The third kappa shape index (κ3) is 3.25. The Morgan fingerprint density at radius 3 is 2.43 bits per heavy atom. The fourth-order valence-corrected chi connectivity index (χ4v) is 3.45. The quantitative estimate of drug-likeness (QED) is 0.912. The van der Waals surface area contributed by atoms with Crippen LogP contribution in [-0.2, 0) is 9.47 Å². The van der Waals surface area contributed by atoms with Gasteiger partial charge in [-0.05, 0) is 49.3 Å². The highest BCUT2D eigenvalue weighted by Crippen LogP contribution is 2.41. The Bertz CT molecular complexity index is 475. The van der Waals surface area contributed by atoms with Gasteiger partial charge in [0.2, 0.25) is 0 Å². The highest BCUT2D eigenvalue weighted by molar-refractivity contribution is 5.21. The fourth-order valence-electron chi connectivity index (χ4n) is 3.45. The summed E-state index contributed by atoms with van der Waals surface area (Å²) in [4.78, 5) is 0. The van der Waals surface area contributed by atoms with Crippen LogP contribution >= 0.6 is 0 Å². The molecule has 0 aliphatic carbocycles. The van der Waals surface area contributed by atoms with Gasteiger partial charge in [-0.3, -0.25) is 0 Å². The zero-order chi connectivity index (χ0) is 14.9. The van der Waals surface area contributed by atoms with Crippen molar-refractivity contribution >= 4 is 0 Å². The minimum atomic E-state index is -0.862. The Labute approximate surface area is 122 Å². The Morgan fingerprint density at radius 2 is 1.76 bits per heavy atom. The summed E-state index contributed by atoms with van der Waals surface area (Å²) in [6.07, 6.45) is 2.16. The topological polar surface area (TPSA) is 38.7 Å². The molecule has 0 saturated carbocycles. The van der Waals surface area contributed by atoms with Gasteiger partial charge in [-0.2, -0.15) is 0 Å². The summed E-state index contributed by atoms with van der Waals surface area (Å²) in [5, 5.41) is 10.5. The van der Waals surface area contributed by atoms with Gasteiger partial charge in [0, 0.05) is 25.9 Å². The van der Waals surface area contributed by atoms with E-state index in [0.717, 1.165) is 18.9 Å². The first-order valence-electron chi connectivity index (χ1n) is 7.44. The average molecular weight is 298 g/mol. The van der Waals surface area contributed by atoms with Crippen molar-refractivity contribution in [2.75, 3.05) is 19.8 Å². The van der Waals surface area contributed by atoms with E-state index in [4.69, 9.17) is 9.47 Å². The molecule has 2 atom stereocenters. The second-order valence-corrected chi connectivity index (χ2v) is 6.04. The third-order valence-electron chi connectivity index (χ3n) is 4.61. The van der Waals surface area contributed by atoms with E-state index in [-0.39, 0.29) is 11.5 Å². The molecule has 0 radical (unpaired) electrons. The Hall–Kier alpha value is -1.04. The van der Waals surface area contributed by atoms with Crippen LogP contribution in [0.2, 0.25) is 0 Å². The maximum atomic E-state index is 13.3. The zero-order valence-corrected chi connectivity index (χ0v) is 11.9. The van der Waals surface area contributed by atoms with Crippen molar-refractivity contribution in [1.29, 1.82) is 0 Å². The van der Waals surface area contributed by atoms with Crippen LogP contribution in [0, 0.1) is 17.6 Å². The number of benzene rings is 1. The molecule has 5 heteroatoms. The molecule has 1 aromatic carbocycles. The molecule has 3 nitrogen and oxygen atoms in total. The Balaban J connectivity index is 1.76. The van der Waals surface area contributed by atoms with E-state index in [9.17, 15) is 13.9 Å². The molecule has 116 valence electrons. The first-order chi connectivity index (χ1) is 10.1. The number of aliphatic hydroxyl groups is 1. The monoisotopic (exact) mass is 298 g/mol. The molecule has 1 aromatic rings. The normalized spacial score (nSPS) is 26.7. The molecule has 3 rings (SSSR count). The largest absolute Gasteiger partial charge is 0.388 e. The first kappa shape index (κ1) is 14.9. The lowest BCUT2D eigenvalue weighted by atomic mass is 9.77. The number of hydrogen-bond acceptors (Lipinski definition) is 3. The smallest absolute Gasteiger partial charge is 0.126 e. The summed E-state index contributed by atoms with van der Waals surface area (Å²) in [6.45, 7) is 1.90. The molecule has 21 heavy (non-hydrogen) atoms. The summed E-state index contributed by atoms with van der Waals surface area (Å²) < 4.78 is 37.9. The van der Waals surface area contributed by atoms with Gasteiger partial charge in [-0.15, -0.1) is 0 Å². The Morgan fingerprint density at radius 1 is 1.10 bits per heavy atom. The molecule has 0 bridgehead atoms. The number of rotatable bonds is 2. The van der Waals surface area contributed by atoms with Gasteiger partial charge in [0.1, 0.15) is 11.6 Å². The van der Waals surface area contributed by atoms with Crippen LogP contribution in [0.25, 0.3) is 0 Å². The highest BCUT2D eigenvalue weighted by atomic mass is 19.1. The van der Waals surface area contributed by atoms with Crippen LogP contribution in [0.4, 0.5) is 8.78 Å². The minimum absolute atomic E-state index is 0.0435. The van der Waals surface area contributed by atoms with Crippen LogP contribution in [0.1, 0.15) is 37.4 Å². The predicted molar refractivity (Wildman–Crippen MR) is 72.8 cm³/mol. The molecule has 2 unspecified atom stereocenters. The van der Waals surface area contributed by atoms with Gasteiger partial charge in [-0.1, -0.05) is 0 Å².